The third-order valence-electron chi connectivity index (χ3n) is 4.51. The molecule has 1 N–H and O–H groups in total. The quantitative estimate of drug-likeness (QED) is 0.776. The summed E-state index contributed by atoms with van der Waals surface area (Å²) in [6.45, 7) is 6.15. The molecule has 3 rings (SSSR count). The number of imide groups is 1. The molecule has 1 fully saturated rings. The highest BCUT2D eigenvalue weighted by Gasteiger charge is 2.34. The van der Waals surface area contributed by atoms with Gasteiger partial charge in [0.15, 0.2) is 0 Å². The zero-order valence-electron chi connectivity index (χ0n) is 16.1. The SMILES string of the molecule is Cc1ccc(/C=C2\SC(=O)N(CCNC(=O)c3cc(C)ccc3C)C2=O)cc1. The molecule has 1 aliphatic rings. The minimum Gasteiger partial charge on any atom is -0.350 e. The third kappa shape index (κ3) is 4.51. The molecule has 2 aromatic rings. The number of nitrogens with one attached hydrogen (secondary N) is 1. The Morgan fingerprint density at radius 1 is 1.04 bits per heavy atom. The average molecular weight is 394 g/mol. The highest BCUT2D eigenvalue weighted by molar-refractivity contribution is 8.18. The molecule has 144 valence electrons. The summed E-state index contributed by atoms with van der Waals surface area (Å²) in [5.74, 6) is -0.528. The molecule has 0 aromatic heterocycles. The molecule has 0 bridgehead atoms. The van der Waals surface area contributed by atoms with E-state index >= 15 is 0 Å². The van der Waals surface area contributed by atoms with E-state index in [0.717, 1.165) is 34.0 Å². The van der Waals surface area contributed by atoms with Crippen molar-refractivity contribution in [3.63, 3.8) is 0 Å². The van der Waals surface area contributed by atoms with Gasteiger partial charge in [0.2, 0.25) is 0 Å². The van der Waals surface area contributed by atoms with E-state index in [9.17, 15) is 14.4 Å². The van der Waals surface area contributed by atoms with Crippen molar-refractivity contribution in [1.29, 1.82) is 0 Å². The second-order valence-corrected chi connectivity index (χ2v) is 7.81. The minimum atomic E-state index is -0.323. The Kier molecular flexibility index (Phi) is 5.99. The monoisotopic (exact) mass is 394 g/mol. The Morgan fingerprint density at radius 3 is 2.43 bits per heavy atom. The number of amides is 3. The molecule has 1 heterocycles. The van der Waals surface area contributed by atoms with Crippen molar-refractivity contribution in [2.75, 3.05) is 13.1 Å². The first-order valence-electron chi connectivity index (χ1n) is 9.02. The fraction of sp³-hybridized carbons (Fsp3) is 0.227. The summed E-state index contributed by atoms with van der Waals surface area (Å²) in [5.41, 5.74) is 4.50. The summed E-state index contributed by atoms with van der Waals surface area (Å²) in [5, 5.41) is 2.48. The molecule has 1 aliphatic heterocycles. The van der Waals surface area contributed by atoms with E-state index in [1.165, 1.54) is 4.90 Å². The van der Waals surface area contributed by atoms with Crippen LogP contribution >= 0.6 is 11.8 Å². The Hall–Kier alpha value is -2.86. The van der Waals surface area contributed by atoms with Crippen molar-refractivity contribution in [3.05, 3.63) is 75.2 Å². The van der Waals surface area contributed by atoms with Crippen molar-refractivity contribution >= 4 is 34.9 Å². The number of nitrogens with zero attached hydrogens (tertiary/aromatic N) is 1. The van der Waals surface area contributed by atoms with Crippen LogP contribution in [0.5, 0.6) is 0 Å². The third-order valence-corrected chi connectivity index (χ3v) is 5.41. The largest absolute Gasteiger partial charge is 0.350 e. The molecular weight excluding hydrogens is 372 g/mol. The van der Waals surface area contributed by atoms with Gasteiger partial charge in [0.1, 0.15) is 0 Å². The van der Waals surface area contributed by atoms with E-state index in [2.05, 4.69) is 5.32 Å². The highest BCUT2D eigenvalue weighted by atomic mass is 32.2. The molecular formula is C22H22N2O3S. The smallest absolute Gasteiger partial charge is 0.293 e. The maximum atomic E-state index is 12.5. The minimum absolute atomic E-state index is 0.145. The molecule has 28 heavy (non-hydrogen) atoms. The van der Waals surface area contributed by atoms with Crippen LogP contribution in [0, 0.1) is 20.8 Å². The van der Waals surface area contributed by atoms with Gasteiger partial charge < -0.3 is 5.32 Å². The molecule has 0 spiro atoms. The summed E-state index contributed by atoms with van der Waals surface area (Å²) < 4.78 is 0. The fourth-order valence-electron chi connectivity index (χ4n) is 2.86. The van der Waals surface area contributed by atoms with Crippen LogP contribution in [-0.2, 0) is 4.79 Å². The van der Waals surface area contributed by atoms with Gasteiger partial charge in [-0.1, -0.05) is 47.5 Å². The number of hydrogen-bond donors (Lipinski definition) is 1. The Bertz CT molecular complexity index is 964. The van der Waals surface area contributed by atoms with Crippen molar-refractivity contribution in [2.45, 2.75) is 20.8 Å². The Labute approximate surface area is 168 Å². The van der Waals surface area contributed by atoms with E-state index in [1.807, 2.05) is 63.2 Å². The van der Waals surface area contributed by atoms with Gasteiger partial charge in [-0.3, -0.25) is 19.3 Å². The highest BCUT2D eigenvalue weighted by Crippen LogP contribution is 2.31. The summed E-state index contributed by atoms with van der Waals surface area (Å²) in [6.07, 6.45) is 1.72. The van der Waals surface area contributed by atoms with Crippen LogP contribution < -0.4 is 5.32 Å². The van der Waals surface area contributed by atoms with Gasteiger partial charge in [-0.25, -0.2) is 0 Å². The Morgan fingerprint density at radius 2 is 1.71 bits per heavy atom. The summed E-state index contributed by atoms with van der Waals surface area (Å²) in [6, 6.07) is 13.4. The van der Waals surface area contributed by atoms with Gasteiger partial charge in [-0.2, -0.15) is 0 Å². The number of aryl methyl sites for hydroxylation is 3. The van der Waals surface area contributed by atoms with Crippen LogP contribution in [0.15, 0.2) is 47.4 Å². The van der Waals surface area contributed by atoms with E-state index in [-0.39, 0.29) is 30.1 Å². The maximum absolute atomic E-state index is 12.5. The molecule has 3 amide bonds. The number of hydrogen-bond acceptors (Lipinski definition) is 4. The van der Waals surface area contributed by atoms with Crippen molar-refractivity contribution < 1.29 is 14.4 Å². The lowest BCUT2D eigenvalue weighted by molar-refractivity contribution is -0.122. The standard InChI is InChI=1S/C22H22N2O3S/c1-14-5-8-17(9-6-14)13-19-21(26)24(22(27)28-19)11-10-23-20(25)18-12-15(2)4-7-16(18)3/h4-9,12-13H,10-11H2,1-3H3,(H,23,25)/b19-13-. The van der Waals surface area contributed by atoms with E-state index in [1.54, 1.807) is 6.08 Å². The molecule has 0 unspecified atom stereocenters. The molecule has 2 aromatic carbocycles. The molecule has 0 saturated carbocycles. The van der Waals surface area contributed by atoms with Crippen LogP contribution in [0.4, 0.5) is 4.79 Å². The number of benzene rings is 2. The van der Waals surface area contributed by atoms with Gasteiger partial charge in [0.05, 0.1) is 4.91 Å². The van der Waals surface area contributed by atoms with Gasteiger partial charge in [-0.15, -0.1) is 0 Å². The van der Waals surface area contributed by atoms with Gasteiger partial charge >= 0.3 is 0 Å². The van der Waals surface area contributed by atoms with Crippen LogP contribution in [-0.4, -0.2) is 35.0 Å². The van der Waals surface area contributed by atoms with Gasteiger partial charge in [0.25, 0.3) is 17.1 Å². The second kappa shape index (κ2) is 8.44. The number of carbonyl (C=O) groups is 3. The van der Waals surface area contributed by atoms with E-state index in [0.29, 0.717) is 10.5 Å². The number of rotatable bonds is 5. The predicted octanol–water partition coefficient (Wildman–Crippen LogP) is 4.08. The molecule has 6 heteroatoms. The lowest BCUT2D eigenvalue weighted by Gasteiger charge is -2.13. The first-order valence-corrected chi connectivity index (χ1v) is 9.84. The molecule has 1 saturated heterocycles. The van der Waals surface area contributed by atoms with Crippen LogP contribution in [0.3, 0.4) is 0 Å². The van der Waals surface area contributed by atoms with Gasteiger partial charge in [0, 0.05) is 18.7 Å². The average Bonchev–Trinajstić information content (AvgIpc) is 2.92. The van der Waals surface area contributed by atoms with Gasteiger partial charge in [-0.05, 0) is 55.8 Å². The molecule has 0 atom stereocenters. The Balaban J connectivity index is 1.61. The first-order chi connectivity index (χ1) is 13.3. The van der Waals surface area contributed by atoms with Crippen LogP contribution in [0.25, 0.3) is 6.08 Å². The lowest BCUT2D eigenvalue weighted by atomic mass is 10.1. The molecule has 0 radical (unpaired) electrons. The van der Waals surface area contributed by atoms with Crippen molar-refractivity contribution in [1.82, 2.24) is 10.2 Å². The fourth-order valence-corrected chi connectivity index (χ4v) is 3.73. The van der Waals surface area contributed by atoms with Crippen molar-refractivity contribution in [2.24, 2.45) is 0 Å². The maximum Gasteiger partial charge on any atom is 0.293 e. The topological polar surface area (TPSA) is 66.5 Å². The van der Waals surface area contributed by atoms with Crippen LogP contribution in [0.1, 0.15) is 32.6 Å². The second-order valence-electron chi connectivity index (χ2n) is 6.82. The van der Waals surface area contributed by atoms with E-state index < -0.39 is 0 Å². The lowest BCUT2D eigenvalue weighted by Crippen LogP contribution is -2.37. The van der Waals surface area contributed by atoms with Crippen LogP contribution in [0.2, 0.25) is 0 Å². The zero-order chi connectivity index (χ0) is 20.3. The summed E-state index contributed by atoms with van der Waals surface area (Å²) in [7, 11) is 0. The number of carbonyl (C=O) groups excluding carboxylic acids is 3. The molecule has 5 nitrogen and oxygen atoms in total. The van der Waals surface area contributed by atoms with Crippen molar-refractivity contribution in [3.8, 4) is 0 Å². The molecule has 0 aliphatic carbocycles. The normalized spacial score (nSPS) is 15.4. The number of thioether (sulfide) groups is 1. The zero-order valence-corrected chi connectivity index (χ0v) is 16.9. The summed E-state index contributed by atoms with van der Waals surface area (Å²) in [4.78, 5) is 38.7. The van der Waals surface area contributed by atoms with E-state index in [4.69, 9.17) is 0 Å². The summed E-state index contributed by atoms with van der Waals surface area (Å²) >= 11 is 0.926. The first kappa shape index (κ1) is 19.9. The predicted molar refractivity (Wildman–Crippen MR) is 112 cm³/mol.